The van der Waals surface area contributed by atoms with Crippen LogP contribution in [-0.2, 0) is 22.4 Å². The van der Waals surface area contributed by atoms with Gasteiger partial charge in [0.15, 0.2) is 0 Å². The van der Waals surface area contributed by atoms with Gasteiger partial charge in [-0.2, -0.15) is 0 Å². The van der Waals surface area contributed by atoms with Gasteiger partial charge in [-0.1, -0.05) is 76.7 Å². The Morgan fingerprint density at radius 1 is 0.900 bits per heavy atom. The fourth-order valence-corrected chi connectivity index (χ4v) is 8.80. The SMILES string of the molecule is C=C(C)[C@@H]1CCC(C)=C[C@H]1c1c(O)cc(CCCCC)cc1OC(=O)C(=O)Oc1cc(CCCCC)cc2c1[C@H]1C[C@@H](C)CC[C@@H]1C(C)(C)O2. The Morgan fingerprint density at radius 3 is 2.10 bits per heavy atom. The van der Waals surface area contributed by atoms with E-state index >= 15 is 0 Å². The van der Waals surface area contributed by atoms with Crippen LogP contribution in [0.3, 0.4) is 0 Å². The molecule has 1 aliphatic heterocycles. The molecule has 0 bridgehead atoms. The highest BCUT2D eigenvalue weighted by Gasteiger charge is 2.47. The molecule has 2 aliphatic carbocycles. The van der Waals surface area contributed by atoms with Crippen LogP contribution in [0.25, 0.3) is 0 Å². The first kappa shape index (κ1) is 37.7. The van der Waals surface area contributed by atoms with Gasteiger partial charge in [0.25, 0.3) is 0 Å². The summed E-state index contributed by atoms with van der Waals surface area (Å²) in [4.78, 5) is 27.6. The number of allylic oxidation sites excluding steroid dienone is 3. The lowest BCUT2D eigenvalue weighted by molar-refractivity contribution is -0.156. The molecule has 0 aromatic heterocycles. The first-order valence-corrected chi connectivity index (χ1v) is 19.3. The minimum atomic E-state index is -1.10. The van der Waals surface area contributed by atoms with Crippen molar-refractivity contribution in [1.82, 2.24) is 0 Å². The second kappa shape index (κ2) is 16.2. The number of benzene rings is 2. The lowest BCUT2D eigenvalue weighted by Crippen LogP contribution is -2.47. The largest absolute Gasteiger partial charge is 0.507 e. The van der Waals surface area contributed by atoms with Crippen LogP contribution in [0.1, 0.15) is 153 Å². The first-order chi connectivity index (χ1) is 23.8. The number of esters is 2. The fraction of sp³-hybridized carbons (Fsp3) is 0.591. The predicted molar refractivity (Wildman–Crippen MR) is 200 cm³/mol. The van der Waals surface area contributed by atoms with E-state index in [1.54, 1.807) is 6.07 Å². The van der Waals surface area contributed by atoms with Gasteiger partial charge >= 0.3 is 11.9 Å². The minimum Gasteiger partial charge on any atom is -0.507 e. The van der Waals surface area contributed by atoms with Gasteiger partial charge in [-0.3, -0.25) is 0 Å². The zero-order valence-corrected chi connectivity index (χ0v) is 31.7. The summed E-state index contributed by atoms with van der Waals surface area (Å²) in [5, 5.41) is 11.5. The van der Waals surface area contributed by atoms with Crippen molar-refractivity contribution in [1.29, 1.82) is 0 Å². The third-order valence-electron chi connectivity index (χ3n) is 11.5. The quantitative estimate of drug-likeness (QED) is 0.0788. The van der Waals surface area contributed by atoms with Gasteiger partial charge in [0.05, 0.1) is 0 Å². The highest BCUT2D eigenvalue weighted by Crippen LogP contribution is 2.56. The molecule has 3 aliphatic rings. The highest BCUT2D eigenvalue weighted by molar-refractivity contribution is 6.31. The third-order valence-corrected chi connectivity index (χ3v) is 11.5. The molecule has 2 aromatic rings. The number of carbonyl (C=O) groups excluding carboxylic acids is 2. The van der Waals surface area contributed by atoms with E-state index in [1.807, 2.05) is 19.1 Å². The Balaban J connectivity index is 1.50. The number of fused-ring (bicyclic) bond motifs is 3. The standard InChI is InChI=1S/C44H60O6/c1-9-11-13-15-30-23-36(45)40(33-21-28(5)17-19-32(33)27(3)4)37(24-30)48-42(46)43(47)49-38-25-31(16-14-12-10-2)26-39-41(38)34-22-29(6)18-20-35(34)44(7,8)50-39/h21,23-26,29,32-35,45H,3,9-20,22H2,1-2,4-8H3/t29-,32-,33+,34-,35-/m0/s1. The molecule has 2 aromatic carbocycles. The molecule has 0 radical (unpaired) electrons. The normalized spacial score (nSPS) is 23.9. The van der Waals surface area contributed by atoms with Crippen LogP contribution in [0, 0.1) is 17.8 Å². The molecule has 272 valence electrons. The van der Waals surface area contributed by atoms with E-state index < -0.39 is 11.9 Å². The van der Waals surface area contributed by atoms with Crippen LogP contribution in [0.15, 0.2) is 48.1 Å². The molecule has 0 amide bonds. The van der Waals surface area contributed by atoms with Crippen molar-refractivity contribution in [3.8, 4) is 23.0 Å². The molecule has 1 saturated carbocycles. The van der Waals surface area contributed by atoms with Crippen LogP contribution in [0.5, 0.6) is 23.0 Å². The van der Waals surface area contributed by atoms with Gasteiger partial charge in [-0.05, 0) is 132 Å². The van der Waals surface area contributed by atoms with Gasteiger partial charge < -0.3 is 19.3 Å². The monoisotopic (exact) mass is 684 g/mol. The first-order valence-electron chi connectivity index (χ1n) is 19.3. The molecule has 0 unspecified atom stereocenters. The summed E-state index contributed by atoms with van der Waals surface area (Å²) in [6.45, 7) is 19.3. The smallest absolute Gasteiger partial charge is 0.423 e. The number of phenolic OH excluding ortho intramolecular Hbond substituents is 1. The topological polar surface area (TPSA) is 82.1 Å². The van der Waals surface area contributed by atoms with E-state index in [1.165, 1.54) is 5.57 Å². The van der Waals surface area contributed by atoms with Crippen molar-refractivity contribution in [3.63, 3.8) is 0 Å². The third kappa shape index (κ3) is 8.49. The summed E-state index contributed by atoms with van der Waals surface area (Å²) in [7, 11) is 0. The molecule has 1 heterocycles. The molecule has 50 heavy (non-hydrogen) atoms. The zero-order chi connectivity index (χ0) is 36.2. The van der Waals surface area contributed by atoms with Crippen LogP contribution < -0.4 is 14.2 Å². The van der Waals surface area contributed by atoms with Gasteiger partial charge in [0, 0.05) is 23.0 Å². The number of hydrogen-bond acceptors (Lipinski definition) is 6. The lowest BCUT2D eigenvalue weighted by Gasteiger charge is -2.49. The maximum absolute atomic E-state index is 13.8. The van der Waals surface area contributed by atoms with Gasteiger partial charge in [0.2, 0.25) is 0 Å². The van der Waals surface area contributed by atoms with Crippen LogP contribution in [-0.4, -0.2) is 22.6 Å². The number of ether oxygens (including phenoxy) is 3. The number of aryl methyl sites for hydroxylation is 2. The van der Waals surface area contributed by atoms with E-state index in [0.717, 1.165) is 111 Å². The summed E-state index contributed by atoms with van der Waals surface area (Å²) >= 11 is 0. The second-order valence-corrected chi connectivity index (χ2v) is 16.1. The number of phenols is 1. The molecular weight excluding hydrogens is 624 g/mol. The molecule has 6 nitrogen and oxygen atoms in total. The number of carbonyl (C=O) groups is 2. The van der Waals surface area contributed by atoms with Crippen molar-refractivity contribution in [2.75, 3.05) is 0 Å². The Labute approximate surface area is 300 Å². The van der Waals surface area contributed by atoms with E-state index in [4.69, 9.17) is 14.2 Å². The van der Waals surface area contributed by atoms with E-state index in [-0.39, 0.29) is 40.8 Å². The van der Waals surface area contributed by atoms with Crippen molar-refractivity contribution in [2.45, 2.75) is 149 Å². The maximum Gasteiger partial charge on any atom is 0.423 e. The average Bonchev–Trinajstić information content (AvgIpc) is 3.04. The number of unbranched alkanes of at least 4 members (excludes halogenated alkanes) is 4. The summed E-state index contributed by atoms with van der Waals surface area (Å²) in [6, 6.07) is 7.67. The van der Waals surface area contributed by atoms with E-state index in [9.17, 15) is 14.7 Å². The van der Waals surface area contributed by atoms with Gasteiger partial charge in [-0.15, -0.1) is 0 Å². The van der Waals surface area contributed by atoms with Gasteiger partial charge in [0.1, 0.15) is 28.6 Å². The van der Waals surface area contributed by atoms with Crippen molar-refractivity contribution in [2.24, 2.45) is 17.8 Å². The molecule has 0 spiro atoms. The molecule has 1 N–H and O–H groups in total. The van der Waals surface area contributed by atoms with Crippen LogP contribution >= 0.6 is 0 Å². The van der Waals surface area contributed by atoms with Crippen LogP contribution in [0.2, 0.25) is 0 Å². The zero-order valence-electron chi connectivity index (χ0n) is 31.7. The second-order valence-electron chi connectivity index (χ2n) is 16.1. The predicted octanol–water partition coefficient (Wildman–Crippen LogP) is 11.1. The Bertz CT molecular complexity index is 1600. The highest BCUT2D eigenvalue weighted by atomic mass is 16.6. The summed E-state index contributed by atoms with van der Waals surface area (Å²) < 4.78 is 18.7. The molecule has 6 heteroatoms. The lowest BCUT2D eigenvalue weighted by atomic mass is 9.64. The maximum atomic E-state index is 13.8. The Hall–Kier alpha value is -3.54. The van der Waals surface area contributed by atoms with Gasteiger partial charge in [-0.25, -0.2) is 9.59 Å². The van der Waals surface area contributed by atoms with E-state index in [0.29, 0.717) is 17.2 Å². The molecule has 0 saturated heterocycles. The minimum absolute atomic E-state index is 0.0667. The summed E-state index contributed by atoms with van der Waals surface area (Å²) in [5.74, 6) is 0.0673. The molecule has 1 fully saturated rings. The molecular formula is C44H60O6. The van der Waals surface area contributed by atoms with E-state index in [2.05, 4.69) is 60.3 Å². The fourth-order valence-electron chi connectivity index (χ4n) is 8.80. The summed E-state index contributed by atoms with van der Waals surface area (Å²) in [6.07, 6.45) is 14.9. The Morgan fingerprint density at radius 2 is 1.50 bits per heavy atom. The number of hydrogen-bond donors (Lipinski definition) is 1. The summed E-state index contributed by atoms with van der Waals surface area (Å²) in [5.41, 5.74) is 5.17. The Kier molecular flexibility index (Phi) is 12.2. The van der Waals surface area contributed by atoms with Crippen molar-refractivity contribution in [3.05, 3.63) is 70.3 Å². The molecule has 5 atom stereocenters. The number of aromatic hydroxyl groups is 1. The number of rotatable bonds is 12. The van der Waals surface area contributed by atoms with Crippen molar-refractivity contribution < 1.29 is 28.9 Å². The van der Waals surface area contributed by atoms with Crippen molar-refractivity contribution >= 4 is 11.9 Å². The van der Waals surface area contributed by atoms with Crippen LogP contribution in [0.4, 0.5) is 0 Å². The molecule has 5 rings (SSSR count). The average molecular weight is 685 g/mol.